The van der Waals surface area contributed by atoms with E-state index in [9.17, 15) is 10.2 Å². The molecule has 15 heavy (non-hydrogen) atoms. The highest BCUT2D eigenvalue weighted by atomic mass is 32.1. The van der Waals surface area contributed by atoms with E-state index in [2.05, 4.69) is 11.8 Å². The van der Waals surface area contributed by atoms with Gasteiger partial charge in [-0.1, -0.05) is 17.9 Å². The number of thiophene rings is 1. The van der Waals surface area contributed by atoms with Crippen molar-refractivity contribution in [3.8, 4) is 11.8 Å². The predicted molar refractivity (Wildman–Crippen MR) is 60.4 cm³/mol. The van der Waals surface area contributed by atoms with Crippen LogP contribution in [0, 0.1) is 17.8 Å². The Morgan fingerprint density at radius 3 is 2.87 bits per heavy atom. The highest BCUT2D eigenvalue weighted by molar-refractivity contribution is 7.10. The summed E-state index contributed by atoms with van der Waals surface area (Å²) in [5, 5.41) is 21.5. The highest BCUT2D eigenvalue weighted by Gasteiger charge is 2.38. The molecule has 2 rings (SSSR count). The molecule has 0 radical (unpaired) electrons. The number of aliphatic hydroxyl groups excluding tert-OH is 1. The first kappa shape index (κ1) is 10.7. The van der Waals surface area contributed by atoms with Crippen LogP contribution < -0.4 is 0 Å². The third-order valence-corrected chi connectivity index (χ3v) is 3.57. The molecule has 2 atom stereocenters. The quantitative estimate of drug-likeness (QED) is 0.751. The molecule has 1 saturated carbocycles. The fraction of sp³-hybridized carbons (Fsp3) is 0.500. The van der Waals surface area contributed by atoms with E-state index in [1.165, 1.54) is 11.3 Å². The molecule has 1 aromatic heterocycles. The summed E-state index contributed by atoms with van der Waals surface area (Å²) in [6, 6.07) is 3.72. The molecule has 3 heteroatoms. The van der Waals surface area contributed by atoms with Gasteiger partial charge in [0.1, 0.15) is 11.7 Å². The monoisotopic (exact) mass is 222 g/mol. The molecule has 1 fully saturated rings. The Bertz CT molecular complexity index is 379. The fourth-order valence-corrected chi connectivity index (χ4v) is 2.14. The van der Waals surface area contributed by atoms with Crippen LogP contribution in [-0.2, 0) is 0 Å². The van der Waals surface area contributed by atoms with E-state index in [0.29, 0.717) is 5.92 Å². The summed E-state index contributed by atoms with van der Waals surface area (Å²) in [6.07, 6.45) is 1.31. The maximum Gasteiger partial charge on any atom is 0.149 e. The van der Waals surface area contributed by atoms with Crippen LogP contribution in [0.1, 0.15) is 30.7 Å². The van der Waals surface area contributed by atoms with Crippen molar-refractivity contribution in [2.24, 2.45) is 5.92 Å². The summed E-state index contributed by atoms with van der Waals surface area (Å²) in [6.45, 7) is 1.72. The molecule has 0 amide bonds. The molecule has 2 N–H and O–H groups in total. The summed E-state index contributed by atoms with van der Waals surface area (Å²) in [5.74, 6) is 5.78. The van der Waals surface area contributed by atoms with Gasteiger partial charge < -0.3 is 10.2 Å². The van der Waals surface area contributed by atoms with E-state index in [1.54, 1.807) is 6.92 Å². The Kier molecular flexibility index (Phi) is 2.83. The van der Waals surface area contributed by atoms with Gasteiger partial charge in [0, 0.05) is 4.88 Å². The number of aliphatic hydroxyl groups is 2. The second-order valence-corrected chi connectivity index (χ2v) is 5.09. The van der Waals surface area contributed by atoms with Gasteiger partial charge in [-0.25, -0.2) is 0 Å². The van der Waals surface area contributed by atoms with Gasteiger partial charge in [0.05, 0.1) is 0 Å². The zero-order chi connectivity index (χ0) is 10.9. The molecule has 0 spiro atoms. The maximum absolute atomic E-state index is 9.92. The lowest BCUT2D eigenvalue weighted by Crippen LogP contribution is -2.24. The zero-order valence-corrected chi connectivity index (χ0v) is 9.42. The third kappa shape index (κ3) is 2.60. The lowest BCUT2D eigenvalue weighted by molar-refractivity contribution is 0.0972. The Hall–Kier alpha value is -0.820. The van der Waals surface area contributed by atoms with Gasteiger partial charge in [-0.15, -0.1) is 11.3 Å². The smallest absolute Gasteiger partial charge is 0.149 e. The second-order valence-electron chi connectivity index (χ2n) is 4.11. The molecule has 1 aliphatic rings. The Labute approximate surface area is 93.6 Å². The molecular formula is C12H14O2S. The van der Waals surface area contributed by atoms with Gasteiger partial charge in [0.25, 0.3) is 0 Å². The van der Waals surface area contributed by atoms with Crippen LogP contribution >= 0.6 is 11.3 Å². The highest BCUT2D eigenvalue weighted by Crippen LogP contribution is 2.39. The van der Waals surface area contributed by atoms with E-state index in [4.69, 9.17) is 0 Å². The minimum atomic E-state index is -0.932. The van der Waals surface area contributed by atoms with Crippen molar-refractivity contribution in [1.82, 2.24) is 0 Å². The van der Waals surface area contributed by atoms with Crippen LogP contribution in [0.2, 0.25) is 0 Å². The van der Waals surface area contributed by atoms with Crippen LogP contribution in [0.3, 0.4) is 0 Å². The van der Waals surface area contributed by atoms with Crippen LogP contribution in [0.5, 0.6) is 0 Å². The first-order valence-corrected chi connectivity index (χ1v) is 5.94. The third-order valence-electron chi connectivity index (χ3n) is 2.65. The average molecular weight is 222 g/mol. The molecule has 0 bridgehead atoms. The molecule has 0 unspecified atom stereocenters. The SMILES string of the molecule is C[C@@](O)(C#C[C@H](O)c1cccs1)C1CC1. The molecule has 1 aromatic rings. The normalized spacial score (nSPS) is 21.3. The minimum absolute atomic E-state index is 0.292. The van der Waals surface area contributed by atoms with Crippen LogP contribution in [0.15, 0.2) is 17.5 Å². The number of rotatable bonds is 2. The van der Waals surface area contributed by atoms with E-state index < -0.39 is 11.7 Å². The van der Waals surface area contributed by atoms with Gasteiger partial charge >= 0.3 is 0 Å². The van der Waals surface area contributed by atoms with Crippen molar-refractivity contribution in [1.29, 1.82) is 0 Å². The lowest BCUT2D eigenvalue weighted by Gasteiger charge is -2.14. The van der Waals surface area contributed by atoms with E-state index in [0.717, 1.165) is 17.7 Å². The summed E-state index contributed by atoms with van der Waals surface area (Å²) < 4.78 is 0. The topological polar surface area (TPSA) is 40.5 Å². The summed E-state index contributed by atoms with van der Waals surface area (Å²) in [4.78, 5) is 0.828. The molecule has 0 aromatic carbocycles. The van der Waals surface area contributed by atoms with Gasteiger partial charge in [-0.3, -0.25) is 0 Å². The Balaban J connectivity index is 2.04. The van der Waals surface area contributed by atoms with Crippen molar-refractivity contribution in [2.75, 3.05) is 0 Å². The Morgan fingerprint density at radius 1 is 1.60 bits per heavy atom. The molecule has 1 heterocycles. The van der Waals surface area contributed by atoms with Gasteiger partial charge in [-0.05, 0) is 37.1 Å². The standard InChI is InChI=1S/C12H14O2S/c1-12(14,9-4-5-9)7-6-10(13)11-3-2-8-15-11/h2-3,8-10,13-14H,4-5H2,1H3/t10-,12+/m0/s1. The fourth-order valence-electron chi connectivity index (χ4n) is 1.48. The largest absolute Gasteiger partial charge is 0.378 e. The van der Waals surface area contributed by atoms with Gasteiger partial charge in [0.15, 0.2) is 0 Å². The van der Waals surface area contributed by atoms with Crippen molar-refractivity contribution in [3.05, 3.63) is 22.4 Å². The van der Waals surface area contributed by atoms with Crippen molar-refractivity contribution >= 4 is 11.3 Å². The van der Waals surface area contributed by atoms with Crippen molar-refractivity contribution < 1.29 is 10.2 Å². The van der Waals surface area contributed by atoms with Crippen LogP contribution in [-0.4, -0.2) is 15.8 Å². The molecule has 1 aliphatic carbocycles. The molecule has 2 nitrogen and oxygen atoms in total. The maximum atomic E-state index is 9.92. The first-order valence-electron chi connectivity index (χ1n) is 5.06. The molecule has 80 valence electrons. The minimum Gasteiger partial charge on any atom is -0.378 e. The molecule has 0 saturated heterocycles. The van der Waals surface area contributed by atoms with Crippen LogP contribution in [0.4, 0.5) is 0 Å². The zero-order valence-electron chi connectivity index (χ0n) is 8.60. The average Bonchev–Trinajstić information content (AvgIpc) is 2.92. The number of hydrogen-bond donors (Lipinski definition) is 2. The van der Waals surface area contributed by atoms with Gasteiger partial charge in [-0.2, -0.15) is 0 Å². The van der Waals surface area contributed by atoms with E-state index >= 15 is 0 Å². The predicted octanol–water partition coefficient (Wildman–Crippen LogP) is 1.95. The summed E-state index contributed by atoms with van der Waals surface area (Å²) >= 11 is 1.47. The second kappa shape index (κ2) is 3.97. The van der Waals surface area contributed by atoms with E-state index in [-0.39, 0.29) is 0 Å². The van der Waals surface area contributed by atoms with Gasteiger partial charge in [0.2, 0.25) is 0 Å². The first-order chi connectivity index (χ1) is 7.09. The van der Waals surface area contributed by atoms with Crippen molar-refractivity contribution in [2.45, 2.75) is 31.5 Å². The summed E-state index contributed by atoms with van der Waals surface area (Å²) in [7, 11) is 0. The molecule has 0 aliphatic heterocycles. The van der Waals surface area contributed by atoms with Crippen molar-refractivity contribution in [3.63, 3.8) is 0 Å². The molecular weight excluding hydrogens is 208 g/mol. The number of hydrogen-bond acceptors (Lipinski definition) is 3. The lowest BCUT2D eigenvalue weighted by atomic mass is 10.0. The van der Waals surface area contributed by atoms with E-state index in [1.807, 2.05) is 17.5 Å². The summed E-state index contributed by atoms with van der Waals surface area (Å²) in [5.41, 5.74) is -0.932. The van der Waals surface area contributed by atoms with Crippen LogP contribution in [0.25, 0.3) is 0 Å². The Morgan fingerprint density at radius 2 is 2.33 bits per heavy atom.